The van der Waals surface area contributed by atoms with Gasteiger partial charge in [0.25, 0.3) is 5.56 Å². The lowest BCUT2D eigenvalue weighted by atomic mass is 10.1. The van der Waals surface area contributed by atoms with Crippen molar-refractivity contribution in [3.05, 3.63) is 72.7 Å². The van der Waals surface area contributed by atoms with Crippen molar-refractivity contribution in [1.82, 2.24) is 9.66 Å². The van der Waals surface area contributed by atoms with E-state index in [-0.39, 0.29) is 35.1 Å². The zero-order valence-electron chi connectivity index (χ0n) is 19.7. The molecule has 11 heteroatoms. The van der Waals surface area contributed by atoms with Crippen molar-refractivity contribution < 1.29 is 19.2 Å². The molecular formula is C24H25BrN4O6. The molecule has 0 unspecified atom stereocenters. The van der Waals surface area contributed by atoms with Gasteiger partial charge in [-0.1, -0.05) is 35.8 Å². The van der Waals surface area contributed by atoms with Crippen molar-refractivity contribution in [2.75, 3.05) is 6.61 Å². The van der Waals surface area contributed by atoms with Crippen LogP contribution in [0, 0.1) is 10.1 Å². The molecule has 0 saturated heterocycles. The summed E-state index contributed by atoms with van der Waals surface area (Å²) in [4.78, 5) is 41.1. The van der Waals surface area contributed by atoms with Gasteiger partial charge in [0, 0.05) is 22.0 Å². The maximum absolute atomic E-state index is 13.3. The summed E-state index contributed by atoms with van der Waals surface area (Å²) in [5.74, 6) is -0.446. The summed E-state index contributed by atoms with van der Waals surface area (Å²) in [6.07, 6.45) is 0.909. The van der Waals surface area contributed by atoms with E-state index in [1.807, 2.05) is 13.8 Å². The van der Waals surface area contributed by atoms with Crippen molar-refractivity contribution in [2.24, 2.45) is 5.10 Å². The van der Waals surface area contributed by atoms with E-state index in [4.69, 9.17) is 9.47 Å². The zero-order valence-corrected chi connectivity index (χ0v) is 21.3. The molecule has 0 aliphatic heterocycles. The molecule has 0 spiro atoms. The number of carbonyl (C=O) groups is 1. The van der Waals surface area contributed by atoms with Crippen LogP contribution in [0.15, 0.2) is 50.8 Å². The molecule has 3 rings (SSSR count). The van der Waals surface area contributed by atoms with Crippen LogP contribution in [0.1, 0.15) is 51.4 Å². The first-order valence-corrected chi connectivity index (χ1v) is 11.8. The topological polar surface area (TPSA) is 126 Å². The molecular weight excluding hydrogens is 520 g/mol. The van der Waals surface area contributed by atoms with Gasteiger partial charge >= 0.3 is 11.7 Å². The first kappa shape index (κ1) is 26.0. The van der Waals surface area contributed by atoms with Gasteiger partial charge in [0.1, 0.15) is 5.82 Å². The van der Waals surface area contributed by atoms with Crippen molar-refractivity contribution in [3.63, 3.8) is 0 Å². The molecule has 2 atom stereocenters. The van der Waals surface area contributed by atoms with Crippen LogP contribution in [0.3, 0.4) is 0 Å². The Morgan fingerprint density at radius 1 is 1.29 bits per heavy atom. The minimum atomic E-state index is -1.10. The average molecular weight is 545 g/mol. The van der Waals surface area contributed by atoms with Gasteiger partial charge in [-0.3, -0.25) is 14.9 Å². The molecule has 35 heavy (non-hydrogen) atoms. The van der Waals surface area contributed by atoms with Gasteiger partial charge in [-0.25, -0.2) is 9.78 Å². The lowest BCUT2D eigenvalue weighted by Gasteiger charge is -2.16. The fourth-order valence-corrected chi connectivity index (χ4v) is 3.66. The average Bonchev–Trinajstić information content (AvgIpc) is 2.83. The van der Waals surface area contributed by atoms with Crippen molar-refractivity contribution in [2.45, 2.75) is 46.1 Å². The highest BCUT2D eigenvalue weighted by atomic mass is 79.9. The third-order valence-electron chi connectivity index (χ3n) is 5.33. The fourth-order valence-electron chi connectivity index (χ4n) is 3.30. The zero-order chi connectivity index (χ0) is 25.7. The quantitative estimate of drug-likeness (QED) is 0.164. The van der Waals surface area contributed by atoms with E-state index >= 15 is 0 Å². The van der Waals surface area contributed by atoms with E-state index in [1.165, 1.54) is 29.9 Å². The molecule has 0 aliphatic rings. The van der Waals surface area contributed by atoms with Gasteiger partial charge < -0.3 is 9.47 Å². The third kappa shape index (κ3) is 5.73. The Bertz CT molecular complexity index is 1350. The number of fused-ring (bicyclic) bond motifs is 1. The summed E-state index contributed by atoms with van der Waals surface area (Å²) in [5, 5.41) is 16.4. The van der Waals surface area contributed by atoms with Crippen LogP contribution in [0.5, 0.6) is 5.75 Å². The number of nitro groups is 1. The molecule has 0 radical (unpaired) electrons. The minimum absolute atomic E-state index is 0.0856. The molecule has 1 aromatic heterocycles. The van der Waals surface area contributed by atoms with Gasteiger partial charge in [0.2, 0.25) is 5.75 Å². The summed E-state index contributed by atoms with van der Waals surface area (Å²) in [6, 6.07) is 9.50. The summed E-state index contributed by atoms with van der Waals surface area (Å²) in [6.45, 7) is 7.13. The number of halogens is 1. The van der Waals surface area contributed by atoms with E-state index in [0.29, 0.717) is 23.1 Å². The highest BCUT2D eigenvalue weighted by Crippen LogP contribution is 2.31. The molecule has 184 valence electrons. The summed E-state index contributed by atoms with van der Waals surface area (Å²) in [5.41, 5.74) is 0.0325. The van der Waals surface area contributed by atoms with Crippen LogP contribution in [-0.4, -0.2) is 39.5 Å². The Kier molecular flexibility index (Phi) is 8.34. The van der Waals surface area contributed by atoms with Gasteiger partial charge in [-0.2, -0.15) is 9.78 Å². The van der Waals surface area contributed by atoms with E-state index < -0.39 is 17.0 Å². The van der Waals surface area contributed by atoms with Crippen LogP contribution in [0.4, 0.5) is 5.69 Å². The number of benzene rings is 2. The number of para-hydroxylation sites is 1. The molecule has 0 fully saturated rings. The Balaban J connectivity index is 2.16. The van der Waals surface area contributed by atoms with Crippen LogP contribution in [-0.2, 0) is 9.53 Å². The Labute approximate surface area is 209 Å². The van der Waals surface area contributed by atoms with Crippen molar-refractivity contribution in [1.29, 1.82) is 0 Å². The van der Waals surface area contributed by atoms with Gasteiger partial charge in [-0.15, -0.1) is 0 Å². The van der Waals surface area contributed by atoms with Gasteiger partial charge in [-0.05, 0) is 44.5 Å². The number of hydrogen-bond acceptors (Lipinski definition) is 8. The number of aromatic nitrogens is 2. The molecule has 0 bridgehead atoms. The Morgan fingerprint density at radius 2 is 2.03 bits per heavy atom. The molecule has 1 heterocycles. The summed E-state index contributed by atoms with van der Waals surface area (Å²) < 4.78 is 12.5. The standard InChI is InChI=1S/C24H25BrN4O6/c1-5-14(3)22-27-19-11-10-17(25)12-18(19)23(30)28(22)26-13-16-8-7-9-20(29(32)33)21(16)35-15(4)24(31)34-6-2/h7-15H,5-6H2,1-4H3/t14-,15-/m0/s1. The Morgan fingerprint density at radius 3 is 2.69 bits per heavy atom. The maximum Gasteiger partial charge on any atom is 0.347 e. The number of hydrogen-bond donors (Lipinski definition) is 0. The predicted molar refractivity (Wildman–Crippen MR) is 135 cm³/mol. The van der Waals surface area contributed by atoms with Crippen LogP contribution in [0.2, 0.25) is 0 Å². The van der Waals surface area contributed by atoms with E-state index in [0.717, 1.165) is 4.47 Å². The number of esters is 1. The third-order valence-corrected chi connectivity index (χ3v) is 5.83. The number of nitro benzene ring substituents is 1. The minimum Gasteiger partial charge on any atom is -0.471 e. The normalized spacial score (nSPS) is 13.1. The fraction of sp³-hybridized carbons (Fsp3) is 0.333. The molecule has 0 amide bonds. The first-order valence-electron chi connectivity index (χ1n) is 11.0. The summed E-state index contributed by atoms with van der Waals surface area (Å²) >= 11 is 3.37. The molecule has 3 aromatic rings. The van der Waals surface area contributed by atoms with Crippen molar-refractivity contribution >= 4 is 44.7 Å². The molecule has 2 aromatic carbocycles. The SMILES string of the molecule is CCOC(=O)[C@H](C)Oc1c(C=Nn2c([C@@H](C)CC)nc3ccc(Br)cc3c2=O)cccc1[N+](=O)[O-]. The van der Waals surface area contributed by atoms with Gasteiger partial charge in [0.15, 0.2) is 6.10 Å². The van der Waals surface area contributed by atoms with Gasteiger partial charge in [0.05, 0.1) is 28.6 Å². The number of nitrogens with zero attached hydrogens (tertiary/aromatic N) is 4. The Hall–Kier alpha value is -3.60. The van der Waals surface area contributed by atoms with Crippen molar-refractivity contribution in [3.8, 4) is 5.75 Å². The lowest BCUT2D eigenvalue weighted by molar-refractivity contribution is -0.386. The van der Waals surface area contributed by atoms with E-state index in [2.05, 4.69) is 26.0 Å². The smallest absolute Gasteiger partial charge is 0.347 e. The summed E-state index contributed by atoms with van der Waals surface area (Å²) in [7, 11) is 0. The number of rotatable bonds is 9. The second-order valence-electron chi connectivity index (χ2n) is 7.77. The van der Waals surface area contributed by atoms with E-state index in [1.54, 1.807) is 31.2 Å². The molecule has 0 saturated carbocycles. The largest absolute Gasteiger partial charge is 0.471 e. The molecule has 10 nitrogen and oxygen atoms in total. The number of carbonyl (C=O) groups excluding carboxylic acids is 1. The first-order chi connectivity index (χ1) is 16.7. The van der Waals surface area contributed by atoms with Crippen LogP contribution >= 0.6 is 15.9 Å². The molecule has 0 aliphatic carbocycles. The second-order valence-corrected chi connectivity index (χ2v) is 8.68. The van der Waals surface area contributed by atoms with Crippen LogP contribution in [0.25, 0.3) is 10.9 Å². The second kappa shape index (κ2) is 11.2. The number of ether oxygens (including phenoxy) is 2. The van der Waals surface area contributed by atoms with E-state index in [9.17, 15) is 19.7 Å². The highest BCUT2D eigenvalue weighted by Gasteiger charge is 2.24. The molecule has 0 N–H and O–H groups in total. The van der Waals surface area contributed by atoms with Crippen LogP contribution < -0.4 is 10.3 Å². The highest BCUT2D eigenvalue weighted by molar-refractivity contribution is 9.10. The monoisotopic (exact) mass is 544 g/mol. The lowest BCUT2D eigenvalue weighted by Crippen LogP contribution is -2.27. The predicted octanol–water partition coefficient (Wildman–Crippen LogP) is 4.79. The maximum atomic E-state index is 13.3.